The summed E-state index contributed by atoms with van der Waals surface area (Å²) in [6.45, 7) is 6.48. The number of hydrogen-bond acceptors (Lipinski definition) is 2. The predicted octanol–water partition coefficient (Wildman–Crippen LogP) is 2.82. The molecule has 1 fully saturated rings. The van der Waals surface area contributed by atoms with E-state index in [-0.39, 0.29) is 0 Å². The van der Waals surface area contributed by atoms with Gasteiger partial charge in [-0.05, 0) is 37.5 Å². The van der Waals surface area contributed by atoms with Crippen molar-refractivity contribution in [3.8, 4) is 0 Å². The lowest BCUT2D eigenvalue weighted by Gasteiger charge is -2.24. The summed E-state index contributed by atoms with van der Waals surface area (Å²) in [6.07, 6.45) is 2.04. The maximum Gasteiger partial charge on any atom is 0.193 e. The van der Waals surface area contributed by atoms with Gasteiger partial charge >= 0.3 is 0 Å². The van der Waals surface area contributed by atoms with Gasteiger partial charge in [-0.15, -0.1) is 0 Å². The lowest BCUT2D eigenvalue weighted by Crippen LogP contribution is -2.41. The van der Waals surface area contributed by atoms with Gasteiger partial charge in [-0.25, -0.2) is 0 Å². The van der Waals surface area contributed by atoms with E-state index in [1.54, 1.807) is 0 Å². The van der Waals surface area contributed by atoms with Gasteiger partial charge in [0, 0.05) is 44.2 Å². The van der Waals surface area contributed by atoms with Crippen molar-refractivity contribution < 1.29 is 4.74 Å². The third-order valence-electron chi connectivity index (χ3n) is 3.80. The number of ether oxygens (including phenoxy) is 1. The highest BCUT2D eigenvalue weighted by molar-refractivity contribution is 6.30. The number of guanidine groups is 1. The normalized spacial score (nSPS) is 18.5. The molecule has 22 heavy (non-hydrogen) atoms. The van der Waals surface area contributed by atoms with Crippen LogP contribution < -0.4 is 5.32 Å². The van der Waals surface area contributed by atoms with Crippen molar-refractivity contribution in [2.24, 2.45) is 10.9 Å². The Kier molecular flexibility index (Phi) is 7.00. The molecule has 1 N–H and O–H groups in total. The van der Waals surface area contributed by atoms with Crippen molar-refractivity contribution >= 4 is 17.6 Å². The van der Waals surface area contributed by atoms with Gasteiger partial charge in [0.25, 0.3) is 0 Å². The van der Waals surface area contributed by atoms with Crippen molar-refractivity contribution in [3.63, 3.8) is 0 Å². The van der Waals surface area contributed by atoms with E-state index < -0.39 is 0 Å². The van der Waals surface area contributed by atoms with Gasteiger partial charge in [0.05, 0.1) is 6.61 Å². The molecule has 0 aliphatic carbocycles. The van der Waals surface area contributed by atoms with E-state index in [1.165, 1.54) is 5.56 Å². The Hall–Kier alpha value is -1.26. The van der Waals surface area contributed by atoms with Crippen LogP contribution in [0.5, 0.6) is 0 Å². The quantitative estimate of drug-likeness (QED) is 0.646. The molecule has 5 heteroatoms. The Bertz CT molecular complexity index is 487. The summed E-state index contributed by atoms with van der Waals surface area (Å²) < 4.78 is 5.45. The van der Waals surface area contributed by atoms with Crippen molar-refractivity contribution in [3.05, 3.63) is 34.9 Å². The summed E-state index contributed by atoms with van der Waals surface area (Å²) in [6, 6.07) is 7.98. The Morgan fingerprint density at radius 3 is 3.05 bits per heavy atom. The highest BCUT2D eigenvalue weighted by Gasteiger charge is 2.18. The maximum absolute atomic E-state index is 6.01. The second-order valence-electron chi connectivity index (χ2n) is 5.73. The van der Waals surface area contributed by atoms with E-state index in [9.17, 15) is 0 Å². The van der Waals surface area contributed by atoms with Gasteiger partial charge in [-0.2, -0.15) is 0 Å². The smallest absolute Gasteiger partial charge is 0.193 e. The van der Waals surface area contributed by atoms with Crippen molar-refractivity contribution in [2.75, 3.05) is 39.9 Å². The Morgan fingerprint density at radius 2 is 2.36 bits per heavy atom. The SMILES string of the molecule is CCNC(=NCCc1cccc(Cl)c1)N(C)CC1CCOC1. The summed E-state index contributed by atoms with van der Waals surface area (Å²) in [4.78, 5) is 6.94. The molecule has 1 unspecified atom stereocenters. The van der Waals surface area contributed by atoms with Gasteiger partial charge in [-0.1, -0.05) is 23.7 Å². The highest BCUT2D eigenvalue weighted by atomic mass is 35.5. The average Bonchev–Trinajstić information content (AvgIpc) is 2.99. The standard InChI is InChI=1S/C17H26ClN3O/c1-3-19-17(21(2)12-15-8-10-22-13-15)20-9-7-14-5-4-6-16(18)11-14/h4-6,11,15H,3,7-10,12-13H2,1-2H3,(H,19,20). The van der Waals surface area contributed by atoms with Crippen LogP contribution in [0, 0.1) is 5.92 Å². The van der Waals surface area contributed by atoms with Crippen LogP contribution in [0.2, 0.25) is 5.02 Å². The van der Waals surface area contributed by atoms with Crippen LogP contribution in [0.3, 0.4) is 0 Å². The molecule has 4 nitrogen and oxygen atoms in total. The third-order valence-corrected chi connectivity index (χ3v) is 4.04. The molecule has 1 aliphatic rings. The molecule has 0 saturated carbocycles. The van der Waals surface area contributed by atoms with Crippen LogP contribution in [0.15, 0.2) is 29.3 Å². The van der Waals surface area contributed by atoms with Crippen molar-refractivity contribution in [2.45, 2.75) is 19.8 Å². The molecule has 0 bridgehead atoms. The number of hydrogen-bond donors (Lipinski definition) is 1. The summed E-state index contributed by atoms with van der Waals surface area (Å²) in [7, 11) is 2.10. The second kappa shape index (κ2) is 9.01. The van der Waals surface area contributed by atoms with Crippen molar-refractivity contribution in [1.29, 1.82) is 0 Å². The van der Waals surface area contributed by atoms with Gasteiger partial charge in [0.15, 0.2) is 5.96 Å². The predicted molar refractivity (Wildman–Crippen MR) is 92.7 cm³/mol. The first-order valence-electron chi connectivity index (χ1n) is 8.00. The fraction of sp³-hybridized carbons (Fsp3) is 0.588. The molecule has 0 radical (unpaired) electrons. The molecule has 1 heterocycles. The first-order valence-corrected chi connectivity index (χ1v) is 8.38. The minimum absolute atomic E-state index is 0.613. The van der Waals surface area contributed by atoms with Crippen LogP contribution in [0.25, 0.3) is 0 Å². The lowest BCUT2D eigenvalue weighted by atomic mass is 10.1. The van der Waals surface area contributed by atoms with Gasteiger partial charge in [0.1, 0.15) is 0 Å². The molecule has 1 aromatic rings. The zero-order valence-electron chi connectivity index (χ0n) is 13.5. The average molecular weight is 324 g/mol. The molecule has 1 atom stereocenters. The number of nitrogens with one attached hydrogen (secondary N) is 1. The van der Waals surface area contributed by atoms with Crippen LogP contribution >= 0.6 is 11.6 Å². The Morgan fingerprint density at radius 1 is 1.50 bits per heavy atom. The van der Waals surface area contributed by atoms with E-state index in [2.05, 4.69) is 30.3 Å². The van der Waals surface area contributed by atoms with Crippen LogP contribution in [-0.4, -0.2) is 50.8 Å². The van der Waals surface area contributed by atoms with Gasteiger partial charge in [-0.3, -0.25) is 4.99 Å². The maximum atomic E-state index is 6.01. The molecule has 1 saturated heterocycles. The van der Waals surface area contributed by atoms with E-state index in [4.69, 9.17) is 21.3 Å². The van der Waals surface area contributed by atoms with Crippen LogP contribution in [0.4, 0.5) is 0 Å². The fourth-order valence-corrected chi connectivity index (χ4v) is 2.87. The Labute approximate surface area is 138 Å². The zero-order valence-corrected chi connectivity index (χ0v) is 14.3. The fourth-order valence-electron chi connectivity index (χ4n) is 2.65. The molecule has 122 valence electrons. The van der Waals surface area contributed by atoms with Gasteiger partial charge in [0.2, 0.25) is 0 Å². The van der Waals surface area contributed by atoms with E-state index in [0.717, 1.165) is 56.7 Å². The molecule has 2 rings (SSSR count). The summed E-state index contributed by atoms with van der Waals surface area (Å²) in [5.74, 6) is 1.58. The summed E-state index contributed by atoms with van der Waals surface area (Å²) in [5, 5.41) is 4.15. The second-order valence-corrected chi connectivity index (χ2v) is 6.16. The minimum Gasteiger partial charge on any atom is -0.381 e. The van der Waals surface area contributed by atoms with Crippen LogP contribution in [-0.2, 0) is 11.2 Å². The number of halogens is 1. The number of nitrogens with zero attached hydrogens (tertiary/aromatic N) is 2. The molecule has 1 aromatic carbocycles. The lowest BCUT2D eigenvalue weighted by molar-refractivity contribution is 0.181. The number of rotatable bonds is 6. The molecule has 1 aliphatic heterocycles. The zero-order chi connectivity index (χ0) is 15.8. The van der Waals surface area contributed by atoms with E-state index in [1.807, 2.05) is 18.2 Å². The number of benzene rings is 1. The minimum atomic E-state index is 0.613. The number of aliphatic imine (C=N–C) groups is 1. The molecule has 0 spiro atoms. The highest BCUT2D eigenvalue weighted by Crippen LogP contribution is 2.13. The Balaban J connectivity index is 1.88. The van der Waals surface area contributed by atoms with Crippen molar-refractivity contribution in [1.82, 2.24) is 10.2 Å². The monoisotopic (exact) mass is 323 g/mol. The molecule has 0 aromatic heterocycles. The molecule has 0 amide bonds. The summed E-state index contributed by atoms with van der Waals surface area (Å²) in [5.41, 5.74) is 1.22. The molecular weight excluding hydrogens is 298 g/mol. The van der Waals surface area contributed by atoms with E-state index >= 15 is 0 Å². The summed E-state index contributed by atoms with van der Waals surface area (Å²) >= 11 is 6.01. The largest absolute Gasteiger partial charge is 0.381 e. The first kappa shape index (κ1) is 17.1. The third kappa shape index (κ3) is 5.50. The van der Waals surface area contributed by atoms with Crippen LogP contribution in [0.1, 0.15) is 18.9 Å². The van der Waals surface area contributed by atoms with Gasteiger partial charge < -0.3 is 15.0 Å². The molecular formula is C17H26ClN3O. The van der Waals surface area contributed by atoms with E-state index in [0.29, 0.717) is 5.92 Å². The first-order chi connectivity index (χ1) is 10.7. The topological polar surface area (TPSA) is 36.9 Å².